The Bertz CT molecular complexity index is 542. The van der Waals surface area contributed by atoms with Gasteiger partial charge in [0.1, 0.15) is 5.69 Å². The third kappa shape index (κ3) is 3.08. The van der Waals surface area contributed by atoms with E-state index in [0.29, 0.717) is 6.42 Å². The molecule has 0 spiro atoms. The summed E-state index contributed by atoms with van der Waals surface area (Å²) in [6.07, 6.45) is 2.70. The minimum Gasteiger partial charge on any atom is -0.319 e. The minimum atomic E-state index is -0.689. The Labute approximate surface area is 121 Å². The van der Waals surface area contributed by atoms with E-state index in [4.69, 9.17) is 11.6 Å². The molecule has 0 bridgehead atoms. The van der Waals surface area contributed by atoms with Gasteiger partial charge in [0, 0.05) is 11.1 Å². The van der Waals surface area contributed by atoms with E-state index in [1.807, 2.05) is 6.92 Å². The van der Waals surface area contributed by atoms with Crippen molar-refractivity contribution in [3.05, 3.63) is 33.3 Å². The Morgan fingerprint density at radius 1 is 1.50 bits per heavy atom. The number of nitrogens with one attached hydrogen (secondary N) is 2. The first-order valence-electron chi connectivity index (χ1n) is 6.43. The largest absolute Gasteiger partial charge is 0.319 e. The summed E-state index contributed by atoms with van der Waals surface area (Å²) in [6, 6.07) is 4.19. The standard InChI is InChI=1S/C13H16ClN3O3/c1-13(6-2-3-7-15-13)12(18)16-10-5-4-9(14)8-11(10)17(19)20/h4-5,8,15H,2-3,6-7H2,1H3,(H,16,18). The van der Waals surface area contributed by atoms with Crippen molar-refractivity contribution in [2.24, 2.45) is 0 Å². The van der Waals surface area contributed by atoms with Crippen LogP contribution in [0, 0.1) is 10.1 Å². The van der Waals surface area contributed by atoms with Gasteiger partial charge in [-0.15, -0.1) is 0 Å². The quantitative estimate of drug-likeness (QED) is 0.663. The van der Waals surface area contributed by atoms with Gasteiger partial charge in [0.2, 0.25) is 5.91 Å². The molecule has 1 saturated heterocycles. The molecule has 1 aliphatic rings. The lowest BCUT2D eigenvalue weighted by atomic mass is 9.90. The van der Waals surface area contributed by atoms with E-state index in [1.165, 1.54) is 18.2 Å². The number of nitro groups is 1. The fourth-order valence-corrected chi connectivity index (χ4v) is 2.44. The van der Waals surface area contributed by atoms with E-state index in [1.54, 1.807) is 0 Å². The number of benzene rings is 1. The van der Waals surface area contributed by atoms with Gasteiger partial charge >= 0.3 is 0 Å². The van der Waals surface area contributed by atoms with Crippen molar-refractivity contribution in [2.45, 2.75) is 31.7 Å². The van der Waals surface area contributed by atoms with Crippen molar-refractivity contribution in [1.82, 2.24) is 5.32 Å². The van der Waals surface area contributed by atoms with Crippen molar-refractivity contribution in [3.8, 4) is 0 Å². The number of carbonyl (C=O) groups excluding carboxylic acids is 1. The van der Waals surface area contributed by atoms with Crippen molar-refractivity contribution in [3.63, 3.8) is 0 Å². The molecular formula is C13H16ClN3O3. The molecule has 1 aromatic carbocycles. The van der Waals surface area contributed by atoms with E-state index >= 15 is 0 Å². The zero-order valence-electron chi connectivity index (χ0n) is 11.1. The normalized spacial score (nSPS) is 22.3. The summed E-state index contributed by atoms with van der Waals surface area (Å²) < 4.78 is 0. The number of hydrogen-bond donors (Lipinski definition) is 2. The molecule has 1 aromatic rings. The first-order valence-corrected chi connectivity index (χ1v) is 6.80. The van der Waals surface area contributed by atoms with E-state index in [9.17, 15) is 14.9 Å². The third-order valence-electron chi connectivity index (χ3n) is 3.52. The Balaban J connectivity index is 2.21. The SMILES string of the molecule is CC1(C(=O)Nc2ccc(Cl)cc2[N+](=O)[O-])CCCCN1. The van der Waals surface area contributed by atoms with Crippen LogP contribution < -0.4 is 10.6 Å². The second kappa shape index (κ2) is 5.76. The van der Waals surface area contributed by atoms with Crippen LogP contribution in [0.3, 0.4) is 0 Å². The predicted octanol–water partition coefficient (Wildman–Crippen LogP) is 2.72. The minimum absolute atomic E-state index is 0.165. The second-order valence-corrected chi connectivity index (χ2v) is 5.53. The highest BCUT2D eigenvalue weighted by Gasteiger charge is 2.35. The summed E-state index contributed by atoms with van der Waals surface area (Å²) in [5.41, 5.74) is -0.727. The van der Waals surface area contributed by atoms with Gasteiger partial charge < -0.3 is 10.6 Å². The van der Waals surface area contributed by atoms with E-state index in [-0.39, 0.29) is 22.3 Å². The maximum atomic E-state index is 12.3. The van der Waals surface area contributed by atoms with Crippen molar-refractivity contribution < 1.29 is 9.72 Å². The molecule has 1 aliphatic heterocycles. The predicted molar refractivity (Wildman–Crippen MR) is 77.0 cm³/mol. The molecule has 1 fully saturated rings. The van der Waals surface area contributed by atoms with Crippen LogP contribution in [0.4, 0.5) is 11.4 Å². The number of anilines is 1. The average Bonchev–Trinajstić information content (AvgIpc) is 2.41. The van der Waals surface area contributed by atoms with Crippen molar-refractivity contribution in [2.75, 3.05) is 11.9 Å². The van der Waals surface area contributed by atoms with Gasteiger partial charge in [0.05, 0.1) is 10.5 Å². The average molecular weight is 298 g/mol. The lowest BCUT2D eigenvalue weighted by molar-refractivity contribution is -0.383. The number of piperidine rings is 1. The molecule has 6 nitrogen and oxygen atoms in total. The van der Waals surface area contributed by atoms with Gasteiger partial charge in [-0.1, -0.05) is 11.6 Å². The van der Waals surface area contributed by atoms with Crippen LogP contribution in [0.25, 0.3) is 0 Å². The zero-order valence-corrected chi connectivity index (χ0v) is 11.9. The van der Waals surface area contributed by atoms with Crippen LogP contribution in [0.1, 0.15) is 26.2 Å². The lowest BCUT2D eigenvalue weighted by Crippen LogP contribution is -2.54. The van der Waals surface area contributed by atoms with Crippen LogP contribution in [-0.2, 0) is 4.79 Å². The number of halogens is 1. The van der Waals surface area contributed by atoms with Gasteiger partial charge in [-0.25, -0.2) is 0 Å². The lowest BCUT2D eigenvalue weighted by Gasteiger charge is -2.33. The maximum Gasteiger partial charge on any atom is 0.294 e. The van der Waals surface area contributed by atoms with Gasteiger partial charge in [-0.3, -0.25) is 14.9 Å². The molecule has 108 valence electrons. The molecule has 0 aromatic heterocycles. The Kier molecular flexibility index (Phi) is 4.25. The first kappa shape index (κ1) is 14.7. The molecule has 1 unspecified atom stereocenters. The highest BCUT2D eigenvalue weighted by Crippen LogP contribution is 2.29. The van der Waals surface area contributed by atoms with Crippen LogP contribution in [-0.4, -0.2) is 22.9 Å². The molecule has 1 heterocycles. The molecule has 2 N–H and O–H groups in total. The van der Waals surface area contributed by atoms with Crippen LogP contribution in [0.2, 0.25) is 5.02 Å². The Morgan fingerprint density at radius 3 is 2.85 bits per heavy atom. The van der Waals surface area contributed by atoms with E-state index in [0.717, 1.165) is 19.4 Å². The molecule has 0 saturated carbocycles. The van der Waals surface area contributed by atoms with E-state index < -0.39 is 10.5 Å². The number of nitrogens with zero attached hydrogens (tertiary/aromatic N) is 1. The molecule has 0 aliphatic carbocycles. The van der Waals surface area contributed by atoms with E-state index in [2.05, 4.69) is 10.6 Å². The third-order valence-corrected chi connectivity index (χ3v) is 3.76. The van der Waals surface area contributed by atoms with Crippen molar-refractivity contribution >= 4 is 28.9 Å². The van der Waals surface area contributed by atoms with Crippen LogP contribution in [0.15, 0.2) is 18.2 Å². The fourth-order valence-electron chi connectivity index (χ4n) is 2.27. The molecule has 1 atom stereocenters. The van der Waals surface area contributed by atoms with Crippen molar-refractivity contribution in [1.29, 1.82) is 0 Å². The number of rotatable bonds is 3. The number of amides is 1. The van der Waals surface area contributed by atoms with Gasteiger partial charge in [-0.05, 0) is 44.9 Å². The van der Waals surface area contributed by atoms with Gasteiger partial charge in [0.15, 0.2) is 0 Å². The van der Waals surface area contributed by atoms with Gasteiger partial charge in [-0.2, -0.15) is 0 Å². The summed E-state index contributed by atoms with van der Waals surface area (Å²) in [6.45, 7) is 2.58. The van der Waals surface area contributed by atoms with Crippen LogP contribution in [0.5, 0.6) is 0 Å². The Hall–Kier alpha value is -1.66. The summed E-state index contributed by atoms with van der Waals surface area (Å²) in [4.78, 5) is 22.8. The fraction of sp³-hybridized carbons (Fsp3) is 0.462. The number of carbonyl (C=O) groups is 1. The monoisotopic (exact) mass is 297 g/mol. The summed E-state index contributed by atoms with van der Waals surface area (Å²) in [5.74, 6) is -0.261. The highest BCUT2D eigenvalue weighted by molar-refractivity contribution is 6.31. The summed E-state index contributed by atoms with van der Waals surface area (Å²) >= 11 is 5.74. The maximum absolute atomic E-state index is 12.3. The second-order valence-electron chi connectivity index (χ2n) is 5.09. The molecule has 20 heavy (non-hydrogen) atoms. The number of nitro benzene ring substituents is 1. The smallest absolute Gasteiger partial charge is 0.294 e. The highest BCUT2D eigenvalue weighted by atomic mass is 35.5. The molecular weight excluding hydrogens is 282 g/mol. The molecule has 2 rings (SSSR count). The van der Waals surface area contributed by atoms with Crippen LogP contribution >= 0.6 is 11.6 Å². The summed E-state index contributed by atoms with van der Waals surface area (Å²) in [7, 11) is 0. The first-order chi connectivity index (χ1) is 9.42. The topological polar surface area (TPSA) is 84.3 Å². The van der Waals surface area contributed by atoms with Gasteiger partial charge in [0.25, 0.3) is 5.69 Å². The Morgan fingerprint density at radius 2 is 2.25 bits per heavy atom. The molecule has 0 radical (unpaired) electrons. The zero-order chi connectivity index (χ0) is 14.8. The summed E-state index contributed by atoms with van der Waals surface area (Å²) in [5, 5.41) is 17.0. The molecule has 1 amide bonds. The molecule has 7 heteroatoms. The number of hydrogen-bond acceptors (Lipinski definition) is 4.